The number of hydrogen-bond donors (Lipinski definition) is 0. The van der Waals surface area contributed by atoms with E-state index < -0.39 is 18.1 Å². The van der Waals surface area contributed by atoms with Gasteiger partial charge in [0, 0.05) is 23.2 Å². The quantitative estimate of drug-likeness (QED) is 0.292. The van der Waals surface area contributed by atoms with Crippen LogP contribution in [0.3, 0.4) is 0 Å². The third kappa shape index (κ3) is 9.46. The molecule has 0 heterocycles. The van der Waals surface area contributed by atoms with Crippen LogP contribution in [0, 0.1) is 0 Å². The third-order valence-electron chi connectivity index (χ3n) is 2.95. The topological polar surface area (TPSA) is 34.1 Å². The molecule has 0 spiro atoms. The van der Waals surface area contributed by atoms with Gasteiger partial charge in [0.05, 0.1) is 0 Å². The molecule has 112 valence electrons. The van der Waals surface area contributed by atoms with Gasteiger partial charge >= 0.3 is 5.92 Å². The van der Waals surface area contributed by atoms with Crippen molar-refractivity contribution < 1.29 is 18.4 Å². The first-order valence-electron chi connectivity index (χ1n) is 6.84. The van der Waals surface area contributed by atoms with Crippen molar-refractivity contribution in [3.8, 4) is 0 Å². The van der Waals surface area contributed by atoms with Crippen LogP contribution in [0.4, 0.5) is 8.78 Å². The minimum Gasteiger partial charge on any atom is -0.300 e. The Morgan fingerprint density at radius 1 is 1.16 bits per heavy atom. The van der Waals surface area contributed by atoms with Crippen LogP contribution in [0.25, 0.3) is 0 Å². The first-order valence-corrected chi connectivity index (χ1v) is 8.08. The lowest BCUT2D eigenvalue weighted by atomic mass is 10.0. The van der Waals surface area contributed by atoms with E-state index in [1.807, 2.05) is 29.5 Å². The first kappa shape index (κ1) is 18.9. The standard InChI is InChI=1S/C14H23F2IO2/c1-3-4-5-6-7-13(19)14(15,16)10-12(17)9-8-11(2)18/h12H,3-10H2,1-2H3. The summed E-state index contributed by atoms with van der Waals surface area (Å²) >= 11 is 1.90. The molecule has 0 aromatic heterocycles. The van der Waals surface area contributed by atoms with Crippen molar-refractivity contribution >= 4 is 34.2 Å². The Balaban J connectivity index is 4.06. The number of hydrogen-bond acceptors (Lipinski definition) is 2. The van der Waals surface area contributed by atoms with E-state index in [0.29, 0.717) is 19.3 Å². The summed E-state index contributed by atoms with van der Waals surface area (Å²) < 4.78 is 27.0. The molecule has 0 saturated heterocycles. The lowest BCUT2D eigenvalue weighted by molar-refractivity contribution is -0.144. The van der Waals surface area contributed by atoms with Gasteiger partial charge in [-0.3, -0.25) is 4.79 Å². The molecule has 0 saturated carbocycles. The maximum atomic E-state index is 13.7. The normalized spacial score (nSPS) is 13.3. The van der Waals surface area contributed by atoms with Crippen molar-refractivity contribution in [1.82, 2.24) is 0 Å². The van der Waals surface area contributed by atoms with Crippen LogP contribution < -0.4 is 0 Å². The predicted octanol–water partition coefficient (Wildman–Crippen LogP) is 4.72. The summed E-state index contributed by atoms with van der Waals surface area (Å²) in [5, 5.41) is 0. The minimum atomic E-state index is -3.24. The molecule has 1 unspecified atom stereocenters. The smallest absolute Gasteiger partial charge is 0.300 e. The van der Waals surface area contributed by atoms with Gasteiger partial charge in [-0.1, -0.05) is 48.8 Å². The molecule has 2 nitrogen and oxygen atoms in total. The summed E-state index contributed by atoms with van der Waals surface area (Å²) in [5.74, 6) is -4.20. The summed E-state index contributed by atoms with van der Waals surface area (Å²) in [7, 11) is 0. The van der Waals surface area contributed by atoms with E-state index in [4.69, 9.17) is 0 Å². The second-order valence-corrected chi connectivity index (χ2v) is 6.74. The van der Waals surface area contributed by atoms with Crippen LogP contribution in [0.1, 0.15) is 65.2 Å². The molecule has 0 aromatic rings. The highest BCUT2D eigenvalue weighted by Crippen LogP contribution is 2.29. The third-order valence-corrected chi connectivity index (χ3v) is 4.02. The Kier molecular flexibility index (Phi) is 9.74. The predicted molar refractivity (Wildman–Crippen MR) is 81.1 cm³/mol. The number of Topliss-reactive ketones (excluding diaryl/α,β-unsaturated/α-hetero) is 2. The van der Waals surface area contributed by atoms with Gasteiger partial charge in [-0.2, -0.15) is 8.78 Å². The second kappa shape index (κ2) is 9.77. The average Bonchev–Trinajstić information content (AvgIpc) is 2.31. The highest BCUT2D eigenvalue weighted by atomic mass is 127. The highest BCUT2D eigenvalue weighted by molar-refractivity contribution is 14.1. The summed E-state index contributed by atoms with van der Waals surface area (Å²) in [4.78, 5) is 22.3. The Morgan fingerprint density at radius 3 is 2.32 bits per heavy atom. The molecule has 0 N–H and O–H groups in total. The van der Waals surface area contributed by atoms with Gasteiger partial charge in [0.15, 0.2) is 0 Å². The molecule has 0 bridgehead atoms. The Labute approximate surface area is 127 Å². The van der Waals surface area contributed by atoms with Crippen molar-refractivity contribution in [2.75, 3.05) is 0 Å². The SMILES string of the molecule is CCCCCCC(=O)C(F)(F)CC(I)CCC(C)=O. The van der Waals surface area contributed by atoms with Gasteiger partial charge < -0.3 is 4.79 Å². The molecule has 19 heavy (non-hydrogen) atoms. The van der Waals surface area contributed by atoms with Gasteiger partial charge in [-0.05, 0) is 19.8 Å². The molecular formula is C14H23F2IO2. The monoisotopic (exact) mass is 388 g/mol. The molecule has 0 amide bonds. The molecule has 0 radical (unpaired) electrons. The molecule has 0 rings (SSSR count). The van der Waals surface area contributed by atoms with Crippen molar-refractivity contribution in [3.05, 3.63) is 0 Å². The van der Waals surface area contributed by atoms with Gasteiger partial charge in [0.25, 0.3) is 0 Å². The van der Waals surface area contributed by atoms with Gasteiger partial charge in [-0.25, -0.2) is 0 Å². The van der Waals surface area contributed by atoms with E-state index in [1.165, 1.54) is 6.92 Å². The summed E-state index contributed by atoms with van der Waals surface area (Å²) in [5.41, 5.74) is 0. The fraction of sp³-hybridized carbons (Fsp3) is 0.857. The zero-order chi connectivity index (χ0) is 14.9. The molecule has 5 heteroatoms. The van der Waals surface area contributed by atoms with E-state index in [-0.39, 0.29) is 16.1 Å². The summed E-state index contributed by atoms with van der Waals surface area (Å²) in [6.45, 7) is 3.48. The Bertz CT molecular complexity index is 293. The first-order chi connectivity index (χ1) is 8.79. The number of halogens is 3. The fourth-order valence-electron chi connectivity index (χ4n) is 1.75. The van der Waals surface area contributed by atoms with Crippen molar-refractivity contribution in [1.29, 1.82) is 0 Å². The largest absolute Gasteiger partial charge is 0.306 e. The van der Waals surface area contributed by atoms with Crippen LogP contribution >= 0.6 is 22.6 Å². The number of ketones is 2. The summed E-state index contributed by atoms with van der Waals surface area (Å²) in [6.07, 6.45) is 3.59. The molecular weight excluding hydrogens is 365 g/mol. The molecule has 0 aromatic carbocycles. The lowest BCUT2D eigenvalue weighted by Gasteiger charge is -2.18. The van der Waals surface area contributed by atoms with E-state index >= 15 is 0 Å². The van der Waals surface area contributed by atoms with E-state index in [2.05, 4.69) is 0 Å². The summed E-state index contributed by atoms with van der Waals surface area (Å²) in [6, 6.07) is 0. The molecule has 0 aliphatic carbocycles. The number of alkyl halides is 3. The minimum absolute atomic E-state index is 0.00382. The Morgan fingerprint density at radius 2 is 1.79 bits per heavy atom. The van der Waals surface area contributed by atoms with Gasteiger partial charge in [0.2, 0.25) is 5.78 Å². The van der Waals surface area contributed by atoms with Gasteiger partial charge in [-0.15, -0.1) is 0 Å². The van der Waals surface area contributed by atoms with Crippen LogP contribution in [-0.2, 0) is 9.59 Å². The van der Waals surface area contributed by atoms with E-state index in [1.54, 1.807) is 0 Å². The van der Waals surface area contributed by atoms with Crippen LogP contribution in [0.2, 0.25) is 0 Å². The number of carbonyl (C=O) groups is 2. The maximum Gasteiger partial charge on any atom is 0.306 e. The molecule has 0 aliphatic heterocycles. The number of unbranched alkanes of at least 4 members (excludes halogenated alkanes) is 3. The second-order valence-electron chi connectivity index (χ2n) is 4.98. The Hall–Kier alpha value is -0.0700. The zero-order valence-electron chi connectivity index (χ0n) is 11.7. The van der Waals surface area contributed by atoms with Crippen molar-refractivity contribution in [3.63, 3.8) is 0 Å². The van der Waals surface area contributed by atoms with Crippen LogP contribution in [0.5, 0.6) is 0 Å². The van der Waals surface area contributed by atoms with Crippen LogP contribution in [-0.4, -0.2) is 21.4 Å². The highest BCUT2D eigenvalue weighted by Gasteiger charge is 2.39. The molecule has 0 fully saturated rings. The van der Waals surface area contributed by atoms with Gasteiger partial charge in [0.1, 0.15) is 5.78 Å². The van der Waals surface area contributed by atoms with E-state index in [0.717, 1.165) is 19.3 Å². The van der Waals surface area contributed by atoms with E-state index in [9.17, 15) is 18.4 Å². The van der Waals surface area contributed by atoms with Crippen LogP contribution in [0.15, 0.2) is 0 Å². The fourth-order valence-corrected chi connectivity index (χ4v) is 2.61. The lowest BCUT2D eigenvalue weighted by Crippen LogP contribution is -2.31. The van der Waals surface area contributed by atoms with Crippen molar-refractivity contribution in [2.24, 2.45) is 0 Å². The number of rotatable bonds is 11. The maximum absolute atomic E-state index is 13.7. The average molecular weight is 388 g/mol. The molecule has 1 atom stereocenters. The van der Waals surface area contributed by atoms with Crippen molar-refractivity contribution in [2.45, 2.75) is 75.1 Å². The molecule has 0 aliphatic rings. The number of carbonyl (C=O) groups excluding carboxylic acids is 2. The zero-order valence-corrected chi connectivity index (χ0v) is 13.8.